The summed E-state index contributed by atoms with van der Waals surface area (Å²) in [4.78, 5) is 11.7. The quantitative estimate of drug-likeness (QED) is 0.662. The number of hydrogen-bond acceptors (Lipinski definition) is 4. The summed E-state index contributed by atoms with van der Waals surface area (Å²) in [6, 6.07) is 0.373. The van der Waals surface area contributed by atoms with Crippen LogP contribution in [0.3, 0.4) is 0 Å². The molecule has 1 saturated carbocycles. The number of rotatable bonds is 3. The van der Waals surface area contributed by atoms with Gasteiger partial charge in [0, 0.05) is 6.20 Å². The molecule has 1 fully saturated rings. The van der Waals surface area contributed by atoms with E-state index in [1.165, 1.54) is 25.7 Å². The lowest BCUT2D eigenvalue weighted by Gasteiger charge is -2.14. The third kappa shape index (κ3) is 2.83. The van der Waals surface area contributed by atoms with E-state index in [0.717, 1.165) is 12.8 Å². The van der Waals surface area contributed by atoms with E-state index in [-0.39, 0.29) is 5.69 Å². The molecular formula is C13H21N3O2. The molecule has 1 heterocycles. The first kappa shape index (κ1) is 12.9. The molecule has 1 aliphatic carbocycles. The predicted octanol–water partition coefficient (Wildman–Crippen LogP) is 2.54. The minimum absolute atomic E-state index is 0.251. The zero-order valence-corrected chi connectivity index (χ0v) is 10.9. The summed E-state index contributed by atoms with van der Waals surface area (Å²) in [5.41, 5.74) is 6.50. The second kappa shape index (κ2) is 5.89. The molecule has 0 aromatic carbocycles. The van der Waals surface area contributed by atoms with Gasteiger partial charge in [-0.25, -0.2) is 4.79 Å². The van der Waals surface area contributed by atoms with Gasteiger partial charge in [0.25, 0.3) is 0 Å². The minimum atomic E-state index is -0.428. The van der Waals surface area contributed by atoms with Crippen molar-refractivity contribution >= 4 is 11.7 Å². The van der Waals surface area contributed by atoms with E-state index in [1.54, 1.807) is 13.1 Å². The molecule has 0 radical (unpaired) electrons. The molecule has 0 aliphatic heterocycles. The fourth-order valence-corrected chi connectivity index (χ4v) is 2.47. The summed E-state index contributed by atoms with van der Waals surface area (Å²) in [6.45, 7) is 2.12. The van der Waals surface area contributed by atoms with Crippen LogP contribution in [0.1, 0.15) is 62.0 Å². The zero-order chi connectivity index (χ0) is 13.0. The van der Waals surface area contributed by atoms with E-state index in [1.807, 2.05) is 4.68 Å². The first-order valence-corrected chi connectivity index (χ1v) is 6.74. The monoisotopic (exact) mass is 251 g/mol. The lowest BCUT2D eigenvalue weighted by atomic mass is 10.1. The van der Waals surface area contributed by atoms with Gasteiger partial charge in [0.15, 0.2) is 5.69 Å². The highest BCUT2D eigenvalue weighted by Crippen LogP contribution is 2.27. The molecule has 18 heavy (non-hydrogen) atoms. The summed E-state index contributed by atoms with van der Waals surface area (Å²) in [5.74, 6) is -0.428. The van der Waals surface area contributed by atoms with Crippen LogP contribution in [0.2, 0.25) is 0 Å². The molecule has 2 rings (SSSR count). The Morgan fingerprint density at radius 3 is 2.72 bits per heavy atom. The molecule has 5 nitrogen and oxygen atoms in total. The van der Waals surface area contributed by atoms with Crippen LogP contribution >= 0.6 is 0 Å². The number of hydrogen-bond donors (Lipinski definition) is 1. The summed E-state index contributed by atoms with van der Waals surface area (Å²) < 4.78 is 6.79. The molecule has 0 bridgehead atoms. The molecule has 0 amide bonds. The van der Waals surface area contributed by atoms with Gasteiger partial charge in [-0.2, -0.15) is 5.10 Å². The average Bonchev–Trinajstić information content (AvgIpc) is 2.58. The number of carbonyl (C=O) groups is 1. The van der Waals surface area contributed by atoms with Crippen LogP contribution in [0.4, 0.5) is 5.69 Å². The molecule has 0 atom stereocenters. The van der Waals surface area contributed by atoms with Crippen LogP contribution in [0.5, 0.6) is 0 Å². The average molecular weight is 251 g/mol. The first-order chi connectivity index (χ1) is 8.72. The van der Waals surface area contributed by atoms with Gasteiger partial charge in [-0.1, -0.05) is 25.7 Å². The molecule has 5 heteroatoms. The standard InChI is InChI=1S/C13H21N3O2/c1-2-18-13(17)12-11(14)9-16(15-12)10-7-5-3-4-6-8-10/h9-10H,2-8,14H2,1H3. The Hall–Kier alpha value is -1.52. The number of anilines is 1. The maximum atomic E-state index is 11.7. The van der Waals surface area contributed by atoms with Crippen LogP contribution in [-0.4, -0.2) is 22.4 Å². The highest BCUT2D eigenvalue weighted by Gasteiger charge is 2.20. The fraction of sp³-hybridized carbons (Fsp3) is 0.692. The fourth-order valence-electron chi connectivity index (χ4n) is 2.47. The Balaban J connectivity index is 2.14. The molecule has 100 valence electrons. The van der Waals surface area contributed by atoms with E-state index in [9.17, 15) is 4.79 Å². The summed E-state index contributed by atoms with van der Waals surface area (Å²) in [7, 11) is 0. The molecule has 0 saturated heterocycles. The van der Waals surface area contributed by atoms with Crippen molar-refractivity contribution in [1.29, 1.82) is 0 Å². The second-order valence-electron chi connectivity index (χ2n) is 4.78. The van der Waals surface area contributed by atoms with Crippen molar-refractivity contribution < 1.29 is 9.53 Å². The summed E-state index contributed by atoms with van der Waals surface area (Å²) >= 11 is 0. The lowest BCUT2D eigenvalue weighted by molar-refractivity contribution is 0.0519. The third-order valence-electron chi connectivity index (χ3n) is 3.43. The van der Waals surface area contributed by atoms with Gasteiger partial charge in [0.1, 0.15) is 0 Å². The number of nitrogens with two attached hydrogens (primary N) is 1. The zero-order valence-electron chi connectivity index (χ0n) is 10.9. The predicted molar refractivity (Wildman–Crippen MR) is 69.3 cm³/mol. The maximum Gasteiger partial charge on any atom is 0.361 e. The summed E-state index contributed by atoms with van der Waals surface area (Å²) in [5, 5.41) is 4.31. The largest absolute Gasteiger partial charge is 0.461 e. The van der Waals surface area contributed by atoms with Gasteiger partial charge in [0.2, 0.25) is 0 Å². The number of aromatic nitrogens is 2. The third-order valence-corrected chi connectivity index (χ3v) is 3.43. The first-order valence-electron chi connectivity index (χ1n) is 6.74. The van der Waals surface area contributed by atoms with E-state index in [2.05, 4.69) is 5.10 Å². The molecule has 2 N–H and O–H groups in total. The van der Waals surface area contributed by atoms with Crippen LogP contribution in [0.15, 0.2) is 6.20 Å². The van der Waals surface area contributed by atoms with Crippen molar-refractivity contribution in [2.75, 3.05) is 12.3 Å². The van der Waals surface area contributed by atoms with E-state index < -0.39 is 5.97 Å². The molecule has 1 aromatic rings. The van der Waals surface area contributed by atoms with Crippen molar-refractivity contribution in [1.82, 2.24) is 9.78 Å². The van der Waals surface area contributed by atoms with Crippen LogP contribution < -0.4 is 5.73 Å². The summed E-state index contributed by atoms with van der Waals surface area (Å²) in [6.07, 6.45) is 9.02. The van der Waals surface area contributed by atoms with Crippen LogP contribution in [-0.2, 0) is 4.74 Å². The number of nitrogen functional groups attached to an aromatic ring is 1. The minimum Gasteiger partial charge on any atom is -0.461 e. The molecule has 1 aromatic heterocycles. The SMILES string of the molecule is CCOC(=O)c1nn(C2CCCCCC2)cc1N. The van der Waals surface area contributed by atoms with Gasteiger partial charge in [0.05, 0.1) is 18.3 Å². The topological polar surface area (TPSA) is 70.1 Å². The lowest BCUT2D eigenvalue weighted by Crippen LogP contribution is -2.12. The molecule has 0 unspecified atom stereocenters. The highest BCUT2D eigenvalue weighted by atomic mass is 16.5. The Bertz CT molecular complexity index is 406. The van der Waals surface area contributed by atoms with Crippen molar-refractivity contribution in [3.8, 4) is 0 Å². The molecular weight excluding hydrogens is 230 g/mol. The Morgan fingerprint density at radius 2 is 2.11 bits per heavy atom. The van der Waals surface area contributed by atoms with Crippen LogP contribution in [0, 0.1) is 0 Å². The van der Waals surface area contributed by atoms with Crippen LogP contribution in [0.25, 0.3) is 0 Å². The van der Waals surface area contributed by atoms with Gasteiger partial charge in [-0.15, -0.1) is 0 Å². The Morgan fingerprint density at radius 1 is 1.44 bits per heavy atom. The van der Waals surface area contributed by atoms with Gasteiger partial charge in [-0.3, -0.25) is 4.68 Å². The van der Waals surface area contributed by atoms with Crippen molar-refractivity contribution in [3.05, 3.63) is 11.9 Å². The number of carbonyl (C=O) groups excluding carboxylic acids is 1. The molecule has 0 spiro atoms. The Labute approximate surface area is 107 Å². The van der Waals surface area contributed by atoms with E-state index >= 15 is 0 Å². The van der Waals surface area contributed by atoms with E-state index in [0.29, 0.717) is 18.3 Å². The van der Waals surface area contributed by atoms with Crippen molar-refractivity contribution in [3.63, 3.8) is 0 Å². The van der Waals surface area contributed by atoms with Gasteiger partial charge in [-0.05, 0) is 19.8 Å². The smallest absolute Gasteiger partial charge is 0.361 e. The van der Waals surface area contributed by atoms with Gasteiger partial charge < -0.3 is 10.5 Å². The van der Waals surface area contributed by atoms with Gasteiger partial charge >= 0.3 is 5.97 Å². The molecule has 1 aliphatic rings. The number of ether oxygens (including phenoxy) is 1. The van der Waals surface area contributed by atoms with Crippen molar-refractivity contribution in [2.45, 2.75) is 51.5 Å². The number of esters is 1. The Kier molecular flexibility index (Phi) is 4.23. The van der Waals surface area contributed by atoms with E-state index in [4.69, 9.17) is 10.5 Å². The highest BCUT2D eigenvalue weighted by molar-refractivity contribution is 5.92. The van der Waals surface area contributed by atoms with Crippen molar-refractivity contribution in [2.24, 2.45) is 0 Å². The maximum absolute atomic E-state index is 11.7. The second-order valence-corrected chi connectivity index (χ2v) is 4.78. The number of nitrogens with zero attached hydrogens (tertiary/aromatic N) is 2. The normalized spacial score (nSPS) is 17.4.